The van der Waals surface area contributed by atoms with Gasteiger partial charge in [-0.2, -0.15) is 0 Å². The van der Waals surface area contributed by atoms with Crippen LogP contribution in [0.3, 0.4) is 0 Å². The summed E-state index contributed by atoms with van der Waals surface area (Å²) >= 11 is 0. The molecule has 138 valence electrons. The molecular weight excluding hydrogens is 332 g/mol. The summed E-state index contributed by atoms with van der Waals surface area (Å²) in [5, 5.41) is 4.57. The Bertz CT molecular complexity index is 796. The predicted octanol–water partition coefficient (Wildman–Crippen LogP) is 0.780. The zero-order valence-electron chi connectivity index (χ0n) is 14.9. The molecular formula is C18H24N6O2. The topological polar surface area (TPSA) is 74.1 Å². The second kappa shape index (κ2) is 7.31. The van der Waals surface area contributed by atoms with Gasteiger partial charge in [-0.25, -0.2) is 9.50 Å². The van der Waals surface area contributed by atoms with Gasteiger partial charge in [0.2, 0.25) is 11.8 Å². The molecule has 2 aromatic rings. The van der Waals surface area contributed by atoms with Crippen molar-refractivity contribution in [2.45, 2.75) is 25.7 Å². The largest absolute Gasteiger partial charge is 0.352 e. The van der Waals surface area contributed by atoms with Crippen LogP contribution in [-0.4, -0.2) is 75.5 Å². The first-order valence-corrected chi connectivity index (χ1v) is 9.31. The molecule has 2 aliphatic heterocycles. The summed E-state index contributed by atoms with van der Waals surface area (Å²) in [4.78, 5) is 34.4. The van der Waals surface area contributed by atoms with Gasteiger partial charge in [-0.1, -0.05) is 0 Å². The van der Waals surface area contributed by atoms with E-state index in [2.05, 4.69) is 15.0 Å². The second-order valence-corrected chi connectivity index (χ2v) is 6.88. The number of hydrogen-bond acceptors (Lipinski definition) is 5. The van der Waals surface area contributed by atoms with Crippen molar-refractivity contribution in [3.8, 4) is 0 Å². The second-order valence-electron chi connectivity index (χ2n) is 6.88. The Morgan fingerprint density at radius 2 is 1.92 bits per heavy atom. The minimum atomic E-state index is 0.140. The van der Waals surface area contributed by atoms with Crippen molar-refractivity contribution in [1.82, 2.24) is 24.4 Å². The normalized spacial score (nSPS) is 18.6. The van der Waals surface area contributed by atoms with E-state index in [1.807, 2.05) is 28.1 Å². The summed E-state index contributed by atoms with van der Waals surface area (Å²) in [5.41, 5.74) is 0.829. The summed E-state index contributed by atoms with van der Waals surface area (Å²) in [5.74, 6) is 1.23. The fraction of sp³-hybridized carbons (Fsp3) is 0.556. The van der Waals surface area contributed by atoms with Crippen molar-refractivity contribution >= 4 is 23.3 Å². The van der Waals surface area contributed by atoms with Crippen LogP contribution >= 0.6 is 0 Å². The molecule has 0 radical (unpaired) electrons. The highest BCUT2D eigenvalue weighted by Gasteiger charge is 2.24. The van der Waals surface area contributed by atoms with Crippen molar-refractivity contribution in [2.24, 2.45) is 0 Å². The van der Waals surface area contributed by atoms with Crippen molar-refractivity contribution in [3.05, 3.63) is 24.5 Å². The molecule has 2 aromatic heterocycles. The maximum absolute atomic E-state index is 12.5. The average Bonchev–Trinajstić information content (AvgIpc) is 3.15. The van der Waals surface area contributed by atoms with E-state index in [9.17, 15) is 9.59 Å². The Morgan fingerprint density at radius 1 is 1.08 bits per heavy atom. The Morgan fingerprint density at radius 3 is 2.73 bits per heavy atom. The smallest absolute Gasteiger partial charge is 0.224 e. The van der Waals surface area contributed by atoms with E-state index >= 15 is 0 Å². The van der Waals surface area contributed by atoms with E-state index < -0.39 is 0 Å². The van der Waals surface area contributed by atoms with Crippen LogP contribution in [-0.2, 0) is 9.59 Å². The van der Waals surface area contributed by atoms with Crippen LogP contribution in [0.4, 0.5) is 5.82 Å². The Kier molecular flexibility index (Phi) is 4.73. The number of piperazine rings is 1. The van der Waals surface area contributed by atoms with Crippen molar-refractivity contribution in [1.29, 1.82) is 0 Å². The lowest BCUT2D eigenvalue weighted by molar-refractivity contribution is -0.135. The first-order valence-electron chi connectivity index (χ1n) is 9.31. The van der Waals surface area contributed by atoms with Gasteiger partial charge in [0.05, 0.1) is 0 Å². The Balaban J connectivity index is 1.28. The fourth-order valence-electron chi connectivity index (χ4n) is 3.65. The molecule has 4 heterocycles. The number of anilines is 1. The number of likely N-dealkylation sites (tertiary alicyclic amines) is 1. The van der Waals surface area contributed by atoms with Crippen molar-refractivity contribution in [3.63, 3.8) is 0 Å². The van der Waals surface area contributed by atoms with Crippen LogP contribution in [0.1, 0.15) is 25.7 Å². The van der Waals surface area contributed by atoms with E-state index in [1.165, 1.54) is 0 Å². The van der Waals surface area contributed by atoms with Crippen LogP contribution < -0.4 is 4.90 Å². The maximum Gasteiger partial charge on any atom is 0.224 e. The highest BCUT2D eigenvalue weighted by Crippen LogP contribution is 2.15. The van der Waals surface area contributed by atoms with Crippen molar-refractivity contribution in [2.75, 3.05) is 44.2 Å². The number of hydrogen-bond donors (Lipinski definition) is 0. The Labute approximate surface area is 152 Å². The van der Waals surface area contributed by atoms with Gasteiger partial charge in [-0.3, -0.25) is 9.59 Å². The van der Waals surface area contributed by atoms with Crippen LogP contribution in [0.25, 0.3) is 5.65 Å². The lowest BCUT2D eigenvalue weighted by Crippen LogP contribution is -2.49. The molecule has 2 amide bonds. The average molecular weight is 356 g/mol. The monoisotopic (exact) mass is 356 g/mol. The number of amides is 2. The molecule has 0 unspecified atom stereocenters. The summed E-state index contributed by atoms with van der Waals surface area (Å²) in [6.45, 7) is 4.26. The molecule has 0 atom stereocenters. The highest BCUT2D eigenvalue weighted by atomic mass is 16.2. The molecule has 0 aliphatic carbocycles. The minimum Gasteiger partial charge on any atom is -0.352 e. The zero-order chi connectivity index (χ0) is 17.9. The molecule has 0 N–H and O–H groups in total. The van der Waals surface area contributed by atoms with E-state index in [0.29, 0.717) is 32.5 Å². The third kappa shape index (κ3) is 3.49. The minimum absolute atomic E-state index is 0.140. The molecule has 8 heteroatoms. The van der Waals surface area contributed by atoms with E-state index in [1.54, 1.807) is 10.7 Å². The number of imidazole rings is 1. The SMILES string of the molecule is O=C1CCCCN1CCC(=O)N1CCN(c2ccc3nccn3n2)CC1. The number of fused-ring (bicyclic) bond motifs is 1. The van der Waals surface area contributed by atoms with Gasteiger partial charge in [0.1, 0.15) is 5.82 Å². The molecule has 2 aliphatic rings. The number of piperidine rings is 1. The third-order valence-electron chi connectivity index (χ3n) is 5.21. The zero-order valence-corrected chi connectivity index (χ0v) is 14.9. The lowest BCUT2D eigenvalue weighted by atomic mass is 10.1. The standard InChI is InChI=1S/C18H24N6O2/c25-17-3-1-2-8-22(17)9-6-18(26)23-13-11-21(12-14-23)16-5-4-15-19-7-10-24(15)20-16/h4-5,7,10H,1-3,6,8-9,11-14H2. The summed E-state index contributed by atoms with van der Waals surface area (Å²) in [7, 11) is 0. The molecule has 0 bridgehead atoms. The first-order chi connectivity index (χ1) is 12.7. The quantitative estimate of drug-likeness (QED) is 0.809. The third-order valence-corrected chi connectivity index (χ3v) is 5.21. The molecule has 8 nitrogen and oxygen atoms in total. The molecule has 26 heavy (non-hydrogen) atoms. The van der Waals surface area contributed by atoms with Crippen molar-refractivity contribution < 1.29 is 9.59 Å². The summed E-state index contributed by atoms with van der Waals surface area (Å²) < 4.78 is 1.77. The number of nitrogens with zero attached hydrogens (tertiary/aromatic N) is 6. The van der Waals surface area contributed by atoms with Gasteiger partial charge in [0.15, 0.2) is 5.65 Å². The number of rotatable bonds is 4. The predicted molar refractivity (Wildman–Crippen MR) is 96.8 cm³/mol. The lowest BCUT2D eigenvalue weighted by Gasteiger charge is -2.36. The first kappa shape index (κ1) is 16.8. The number of carbonyl (C=O) groups is 2. The summed E-state index contributed by atoms with van der Waals surface area (Å²) in [6.07, 6.45) is 6.64. The van der Waals surface area contributed by atoms with E-state index in [-0.39, 0.29) is 11.8 Å². The summed E-state index contributed by atoms with van der Waals surface area (Å²) in [6, 6.07) is 3.93. The van der Waals surface area contributed by atoms with Crippen LogP contribution in [0.2, 0.25) is 0 Å². The van der Waals surface area contributed by atoms with Gasteiger partial charge in [0, 0.05) is 64.5 Å². The number of carbonyl (C=O) groups excluding carboxylic acids is 2. The molecule has 0 aromatic carbocycles. The van der Waals surface area contributed by atoms with Crippen LogP contribution in [0, 0.1) is 0 Å². The van der Waals surface area contributed by atoms with Gasteiger partial charge < -0.3 is 14.7 Å². The van der Waals surface area contributed by atoms with Gasteiger partial charge in [0.25, 0.3) is 0 Å². The molecule has 0 spiro atoms. The highest BCUT2D eigenvalue weighted by molar-refractivity contribution is 5.79. The maximum atomic E-state index is 12.5. The van der Waals surface area contributed by atoms with E-state index in [4.69, 9.17) is 0 Å². The fourth-order valence-corrected chi connectivity index (χ4v) is 3.65. The van der Waals surface area contributed by atoms with Crippen LogP contribution in [0.5, 0.6) is 0 Å². The Hall–Kier alpha value is -2.64. The molecule has 4 rings (SSSR count). The molecule has 2 saturated heterocycles. The molecule has 0 saturated carbocycles. The van der Waals surface area contributed by atoms with Gasteiger partial charge >= 0.3 is 0 Å². The van der Waals surface area contributed by atoms with E-state index in [0.717, 1.165) is 43.9 Å². The van der Waals surface area contributed by atoms with Crippen LogP contribution in [0.15, 0.2) is 24.5 Å². The molecule has 2 fully saturated rings. The number of aromatic nitrogens is 3. The van der Waals surface area contributed by atoms with Gasteiger partial charge in [-0.15, -0.1) is 5.10 Å². The van der Waals surface area contributed by atoms with Gasteiger partial charge in [-0.05, 0) is 25.0 Å².